The van der Waals surface area contributed by atoms with Crippen molar-refractivity contribution in [1.82, 2.24) is 20.4 Å². The van der Waals surface area contributed by atoms with E-state index in [1.54, 1.807) is 13.2 Å². The largest absolute Gasteiger partial charge is 0.356 e. The lowest BCUT2D eigenvalue weighted by molar-refractivity contribution is 0.506. The van der Waals surface area contributed by atoms with Crippen molar-refractivity contribution in [3.63, 3.8) is 0 Å². The van der Waals surface area contributed by atoms with Crippen LogP contribution in [0.3, 0.4) is 0 Å². The Bertz CT molecular complexity index is 655. The predicted octanol–water partition coefficient (Wildman–Crippen LogP) is 3.69. The van der Waals surface area contributed by atoms with E-state index in [9.17, 15) is 0 Å². The maximum Gasteiger partial charge on any atom is 0.191 e. The molecule has 2 rings (SSSR count). The molecule has 0 radical (unpaired) electrons. The number of guanidine groups is 1. The highest BCUT2D eigenvalue weighted by Crippen LogP contribution is 2.24. The van der Waals surface area contributed by atoms with Crippen LogP contribution in [0.25, 0.3) is 0 Å². The summed E-state index contributed by atoms with van der Waals surface area (Å²) in [6.07, 6.45) is 4.76. The molecule has 0 aliphatic heterocycles. The van der Waals surface area contributed by atoms with E-state index in [1.807, 2.05) is 35.1 Å². The van der Waals surface area contributed by atoms with Gasteiger partial charge in [-0.3, -0.25) is 9.67 Å². The molecule has 7 heteroatoms. The average molecular weight is 476 g/mol. The van der Waals surface area contributed by atoms with Crippen LogP contribution in [0.5, 0.6) is 0 Å². The fourth-order valence-corrected chi connectivity index (χ4v) is 2.61. The quantitative estimate of drug-likeness (QED) is 0.278. The van der Waals surface area contributed by atoms with Crippen LogP contribution in [0, 0.1) is 0 Å². The Morgan fingerprint density at radius 3 is 2.72 bits per heavy atom. The summed E-state index contributed by atoms with van der Waals surface area (Å²) >= 11 is 6.10. The Hall–Kier alpha value is -1.28. The Morgan fingerprint density at radius 2 is 2.08 bits per heavy atom. The van der Waals surface area contributed by atoms with Crippen molar-refractivity contribution in [2.75, 3.05) is 20.1 Å². The number of hydrogen-bond donors (Lipinski definition) is 2. The molecule has 2 N–H and O–H groups in total. The Labute approximate surface area is 172 Å². The molecule has 0 atom stereocenters. The molecule has 2 aromatic rings. The van der Waals surface area contributed by atoms with Crippen LogP contribution in [0.1, 0.15) is 25.8 Å². The normalized spacial score (nSPS) is 11.8. The number of benzene rings is 1. The maximum absolute atomic E-state index is 6.10. The van der Waals surface area contributed by atoms with Crippen molar-refractivity contribution in [2.45, 2.75) is 32.2 Å². The van der Waals surface area contributed by atoms with Crippen molar-refractivity contribution in [1.29, 1.82) is 0 Å². The average Bonchev–Trinajstić information content (AvgIpc) is 3.07. The molecule has 0 spiro atoms. The summed E-state index contributed by atoms with van der Waals surface area (Å²) in [7, 11) is 1.79. The molecule has 5 nitrogen and oxygen atoms in total. The molecule has 138 valence electrons. The molecule has 0 aliphatic rings. The maximum atomic E-state index is 6.10. The van der Waals surface area contributed by atoms with Gasteiger partial charge in [0.25, 0.3) is 0 Å². The molecule has 0 fully saturated rings. The zero-order valence-corrected chi connectivity index (χ0v) is 18.1. The minimum atomic E-state index is -0.0441. The Morgan fingerprint density at radius 1 is 1.28 bits per heavy atom. The molecular weight excluding hydrogens is 449 g/mol. The van der Waals surface area contributed by atoms with Gasteiger partial charge in [0.2, 0.25) is 0 Å². The molecule has 1 heterocycles. The van der Waals surface area contributed by atoms with E-state index in [4.69, 9.17) is 11.6 Å². The second kappa shape index (κ2) is 10.7. The highest BCUT2D eigenvalue weighted by atomic mass is 127. The second-order valence-corrected chi connectivity index (χ2v) is 6.81. The Kier molecular flexibility index (Phi) is 9.27. The topological polar surface area (TPSA) is 54.2 Å². The van der Waals surface area contributed by atoms with Gasteiger partial charge in [0, 0.05) is 49.5 Å². The minimum Gasteiger partial charge on any atom is -0.356 e. The van der Waals surface area contributed by atoms with E-state index < -0.39 is 0 Å². The molecule has 0 saturated heterocycles. The van der Waals surface area contributed by atoms with Crippen LogP contribution < -0.4 is 10.6 Å². The highest BCUT2D eigenvalue weighted by molar-refractivity contribution is 14.0. The monoisotopic (exact) mass is 475 g/mol. The third-order valence-corrected chi connectivity index (χ3v) is 4.18. The molecule has 0 bridgehead atoms. The first-order chi connectivity index (χ1) is 11.5. The van der Waals surface area contributed by atoms with Crippen molar-refractivity contribution in [2.24, 2.45) is 4.99 Å². The lowest BCUT2D eigenvalue weighted by atomic mass is 9.84. The van der Waals surface area contributed by atoms with Gasteiger partial charge < -0.3 is 10.6 Å². The first-order valence-electron chi connectivity index (χ1n) is 8.19. The van der Waals surface area contributed by atoms with Crippen LogP contribution in [-0.2, 0) is 12.0 Å². The van der Waals surface area contributed by atoms with Gasteiger partial charge >= 0.3 is 0 Å². The summed E-state index contributed by atoms with van der Waals surface area (Å²) in [5.74, 6) is 0.811. The first kappa shape index (κ1) is 21.8. The SMILES string of the molecule is CN=C(NCCCn1cccn1)NCC(C)(C)c1cccc(Cl)c1.I. The zero-order valence-electron chi connectivity index (χ0n) is 15.0. The molecule has 0 saturated carbocycles. The molecule has 1 aromatic carbocycles. The van der Waals surface area contributed by atoms with E-state index in [0.717, 1.165) is 37.0 Å². The lowest BCUT2D eigenvalue weighted by Gasteiger charge is -2.27. The molecule has 25 heavy (non-hydrogen) atoms. The van der Waals surface area contributed by atoms with Crippen molar-refractivity contribution >= 4 is 41.5 Å². The first-order valence-corrected chi connectivity index (χ1v) is 8.57. The number of aliphatic imine (C=N–C) groups is 1. The van der Waals surface area contributed by atoms with Gasteiger partial charge in [-0.05, 0) is 30.2 Å². The number of nitrogens with zero attached hydrogens (tertiary/aromatic N) is 3. The molecule has 0 amide bonds. The summed E-state index contributed by atoms with van der Waals surface area (Å²) in [5.41, 5.74) is 1.16. The van der Waals surface area contributed by atoms with E-state index in [1.165, 1.54) is 5.56 Å². The van der Waals surface area contributed by atoms with Crippen molar-refractivity contribution in [3.05, 3.63) is 53.3 Å². The molecule has 1 aromatic heterocycles. The second-order valence-electron chi connectivity index (χ2n) is 6.37. The van der Waals surface area contributed by atoms with Crippen LogP contribution in [0.2, 0.25) is 5.02 Å². The van der Waals surface area contributed by atoms with Gasteiger partial charge in [0.05, 0.1) is 0 Å². The van der Waals surface area contributed by atoms with E-state index in [-0.39, 0.29) is 29.4 Å². The van der Waals surface area contributed by atoms with E-state index >= 15 is 0 Å². The van der Waals surface area contributed by atoms with Gasteiger partial charge in [0.1, 0.15) is 0 Å². The number of aromatic nitrogens is 2. The van der Waals surface area contributed by atoms with E-state index in [2.05, 4.69) is 40.6 Å². The number of aryl methyl sites for hydroxylation is 1. The fraction of sp³-hybridized carbons (Fsp3) is 0.444. The number of hydrogen-bond acceptors (Lipinski definition) is 2. The van der Waals surface area contributed by atoms with Crippen LogP contribution in [0.4, 0.5) is 0 Å². The third kappa shape index (κ3) is 7.23. The zero-order chi connectivity index (χ0) is 17.4. The summed E-state index contributed by atoms with van der Waals surface area (Å²) < 4.78 is 1.93. The molecule has 0 aliphatic carbocycles. The molecular formula is C18H27ClIN5. The van der Waals surface area contributed by atoms with Crippen molar-refractivity contribution < 1.29 is 0 Å². The van der Waals surface area contributed by atoms with Gasteiger partial charge in [-0.1, -0.05) is 37.6 Å². The number of halogens is 2. The minimum absolute atomic E-state index is 0. The molecule has 0 unspecified atom stereocenters. The van der Waals surface area contributed by atoms with E-state index in [0.29, 0.717) is 0 Å². The Balaban J connectivity index is 0.00000312. The predicted molar refractivity (Wildman–Crippen MR) is 116 cm³/mol. The van der Waals surface area contributed by atoms with Crippen LogP contribution in [-0.4, -0.2) is 35.9 Å². The highest BCUT2D eigenvalue weighted by Gasteiger charge is 2.21. The summed E-state index contributed by atoms with van der Waals surface area (Å²) in [6.45, 7) is 6.89. The lowest BCUT2D eigenvalue weighted by Crippen LogP contribution is -2.43. The van der Waals surface area contributed by atoms with Crippen molar-refractivity contribution in [3.8, 4) is 0 Å². The third-order valence-electron chi connectivity index (χ3n) is 3.94. The van der Waals surface area contributed by atoms with Gasteiger partial charge in [0.15, 0.2) is 5.96 Å². The van der Waals surface area contributed by atoms with Crippen LogP contribution in [0.15, 0.2) is 47.7 Å². The summed E-state index contributed by atoms with van der Waals surface area (Å²) in [5, 5.41) is 11.7. The van der Waals surface area contributed by atoms with Crippen LogP contribution >= 0.6 is 35.6 Å². The smallest absolute Gasteiger partial charge is 0.191 e. The number of nitrogens with one attached hydrogen (secondary N) is 2. The van der Waals surface area contributed by atoms with Gasteiger partial charge in [-0.25, -0.2) is 0 Å². The summed E-state index contributed by atoms with van der Waals surface area (Å²) in [6, 6.07) is 9.94. The summed E-state index contributed by atoms with van der Waals surface area (Å²) in [4.78, 5) is 4.28. The van der Waals surface area contributed by atoms with Gasteiger partial charge in [-0.2, -0.15) is 5.10 Å². The number of rotatable bonds is 7. The standard InChI is InChI=1S/C18H26ClN5.HI/c1-18(2,15-7-4-8-16(19)13-15)14-22-17(20-3)21-9-5-11-24-12-6-10-23-24;/h4,6-8,10,12-13H,5,9,11,14H2,1-3H3,(H2,20,21,22);1H. The van der Waals surface area contributed by atoms with Gasteiger partial charge in [-0.15, -0.1) is 24.0 Å². The fourth-order valence-electron chi connectivity index (χ4n) is 2.42.